The molecule has 0 N–H and O–H groups in total. The Morgan fingerprint density at radius 3 is 2.28 bits per heavy atom. The molecule has 0 fully saturated rings. The molecule has 2 aromatic rings. The van der Waals surface area contributed by atoms with Crippen LogP contribution in [-0.4, -0.2) is 0 Å². The summed E-state index contributed by atoms with van der Waals surface area (Å²) in [7, 11) is 0. The molecule has 18 heavy (non-hydrogen) atoms. The summed E-state index contributed by atoms with van der Waals surface area (Å²) in [5.74, 6) is 0.338. The van der Waals surface area contributed by atoms with Gasteiger partial charge in [-0.25, -0.2) is 4.39 Å². The zero-order valence-electron chi connectivity index (χ0n) is 11.0. The van der Waals surface area contributed by atoms with Gasteiger partial charge < -0.3 is 4.74 Å². The molecule has 0 aliphatic heterocycles. The van der Waals surface area contributed by atoms with Crippen LogP contribution < -0.4 is 4.74 Å². The number of halogens is 1. The number of benzene rings is 2. The largest absolute Gasteiger partial charge is 0.489 e. The molecule has 0 spiro atoms. The fraction of sp³-hybridized carbons (Fsp3) is 0.250. The summed E-state index contributed by atoms with van der Waals surface area (Å²) >= 11 is 0. The monoisotopic (exact) mass is 244 g/mol. The first-order valence-electron chi connectivity index (χ1n) is 6.01. The van der Waals surface area contributed by atoms with Gasteiger partial charge in [-0.2, -0.15) is 0 Å². The van der Waals surface area contributed by atoms with E-state index in [9.17, 15) is 4.39 Å². The van der Waals surface area contributed by atoms with Crippen LogP contribution in [0.25, 0.3) is 0 Å². The third-order valence-electron chi connectivity index (χ3n) is 2.83. The molecular formula is C16H17FO. The molecule has 2 heteroatoms. The van der Waals surface area contributed by atoms with E-state index in [-0.39, 0.29) is 5.82 Å². The van der Waals surface area contributed by atoms with Gasteiger partial charge >= 0.3 is 0 Å². The summed E-state index contributed by atoms with van der Waals surface area (Å²) in [6.45, 7) is 6.50. The second-order valence-electron chi connectivity index (χ2n) is 4.69. The molecule has 94 valence electrons. The number of ether oxygens (including phenoxy) is 1. The SMILES string of the molecule is Cc1cc(C)cc(COc2cc(F)ccc2C)c1. The van der Waals surface area contributed by atoms with Crippen molar-refractivity contribution in [2.45, 2.75) is 27.4 Å². The van der Waals surface area contributed by atoms with Crippen molar-refractivity contribution in [3.63, 3.8) is 0 Å². The molecule has 0 unspecified atom stereocenters. The molecule has 0 heterocycles. The summed E-state index contributed by atoms with van der Waals surface area (Å²) in [4.78, 5) is 0. The van der Waals surface area contributed by atoms with Gasteiger partial charge in [0.15, 0.2) is 0 Å². The van der Waals surface area contributed by atoms with E-state index in [1.54, 1.807) is 6.07 Å². The van der Waals surface area contributed by atoms with Gasteiger partial charge in [0.25, 0.3) is 0 Å². The molecule has 0 amide bonds. The number of aryl methyl sites for hydroxylation is 3. The first kappa shape index (κ1) is 12.6. The maximum absolute atomic E-state index is 13.1. The lowest BCUT2D eigenvalue weighted by atomic mass is 10.1. The van der Waals surface area contributed by atoms with Crippen molar-refractivity contribution in [3.8, 4) is 5.75 Å². The molecule has 0 atom stereocenters. The summed E-state index contributed by atoms with van der Waals surface area (Å²) < 4.78 is 18.8. The van der Waals surface area contributed by atoms with Gasteiger partial charge in [-0.05, 0) is 38.0 Å². The predicted molar refractivity (Wildman–Crippen MR) is 71.4 cm³/mol. The minimum absolute atomic E-state index is 0.268. The van der Waals surface area contributed by atoms with Gasteiger partial charge in [0, 0.05) is 6.07 Å². The van der Waals surface area contributed by atoms with Crippen molar-refractivity contribution in [2.75, 3.05) is 0 Å². The molecule has 0 aliphatic rings. The Morgan fingerprint density at radius 1 is 0.944 bits per heavy atom. The van der Waals surface area contributed by atoms with Gasteiger partial charge in [0.05, 0.1) is 0 Å². The molecule has 1 nitrogen and oxygen atoms in total. The average molecular weight is 244 g/mol. The molecule has 0 bridgehead atoms. The Morgan fingerprint density at radius 2 is 1.61 bits per heavy atom. The number of rotatable bonds is 3. The van der Waals surface area contributed by atoms with Crippen molar-refractivity contribution in [1.29, 1.82) is 0 Å². The Hall–Kier alpha value is -1.83. The molecule has 0 saturated carbocycles. The molecule has 0 aliphatic carbocycles. The summed E-state index contributed by atoms with van der Waals surface area (Å²) in [5, 5.41) is 0. The lowest BCUT2D eigenvalue weighted by molar-refractivity contribution is 0.302. The van der Waals surface area contributed by atoms with Crippen LogP contribution in [0, 0.1) is 26.6 Å². The number of hydrogen-bond acceptors (Lipinski definition) is 1. The summed E-state index contributed by atoms with van der Waals surface area (Å²) in [6.07, 6.45) is 0. The van der Waals surface area contributed by atoms with E-state index in [1.807, 2.05) is 6.92 Å². The highest BCUT2D eigenvalue weighted by molar-refractivity contribution is 5.33. The van der Waals surface area contributed by atoms with E-state index in [2.05, 4.69) is 32.0 Å². The van der Waals surface area contributed by atoms with Crippen molar-refractivity contribution >= 4 is 0 Å². The topological polar surface area (TPSA) is 9.23 Å². The van der Waals surface area contributed by atoms with Gasteiger partial charge in [-0.15, -0.1) is 0 Å². The Labute approximate surface area is 107 Å². The van der Waals surface area contributed by atoms with Crippen LogP contribution in [0.2, 0.25) is 0 Å². The molecule has 0 saturated heterocycles. The Kier molecular flexibility index (Phi) is 3.66. The van der Waals surface area contributed by atoms with Gasteiger partial charge in [0.1, 0.15) is 18.2 Å². The third-order valence-corrected chi connectivity index (χ3v) is 2.83. The highest BCUT2D eigenvalue weighted by Gasteiger charge is 2.03. The minimum atomic E-state index is -0.268. The van der Waals surface area contributed by atoms with Crippen LogP contribution in [0.5, 0.6) is 5.75 Å². The zero-order chi connectivity index (χ0) is 13.1. The quantitative estimate of drug-likeness (QED) is 0.780. The van der Waals surface area contributed by atoms with Crippen LogP contribution in [0.1, 0.15) is 22.3 Å². The molecule has 0 radical (unpaired) electrons. The van der Waals surface area contributed by atoms with Gasteiger partial charge in [-0.1, -0.05) is 35.4 Å². The van der Waals surface area contributed by atoms with E-state index in [0.29, 0.717) is 12.4 Å². The van der Waals surface area contributed by atoms with E-state index in [1.165, 1.54) is 23.3 Å². The normalized spacial score (nSPS) is 10.4. The van der Waals surface area contributed by atoms with Crippen LogP contribution >= 0.6 is 0 Å². The average Bonchev–Trinajstić information content (AvgIpc) is 2.29. The molecule has 0 aromatic heterocycles. The van der Waals surface area contributed by atoms with E-state index in [0.717, 1.165) is 11.1 Å². The summed E-state index contributed by atoms with van der Waals surface area (Å²) in [6, 6.07) is 10.9. The van der Waals surface area contributed by atoms with Crippen LogP contribution in [0.4, 0.5) is 4.39 Å². The van der Waals surface area contributed by atoms with Crippen LogP contribution in [0.3, 0.4) is 0 Å². The van der Waals surface area contributed by atoms with Crippen molar-refractivity contribution < 1.29 is 9.13 Å². The van der Waals surface area contributed by atoms with E-state index < -0.39 is 0 Å². The second-order valence-corrected chi connectivity index (χ2v) is 4.69. The van der Waals surface area contributed by atoms with Gasteiger partial charge in [0.2, 0.25) is 0 Å². The van der Waals surface area contributed by atoms with Crippen LogP contribution in [-0.2, 0) is 6.61 Å². The highest BCUT2D eigenvalue weighted by Crippen LogP contribution is 2.20. The Balaban J connectivity index is 2.13. The molecular weight excluding hydrogens is 227 g/mol. The van der Waals surface area contributed by atoms with Crippen molar-refractivity contribution in [1.82, 2.24) is 0 Å². The van der Waals surface area contributed by atoms with E-state index in [4.69, 9.17) is 4.74 Å². The third kappa shape index (κ3) is 3.10. The highest BCUT2D eigenvalue weighted by atomic mass is 19.1. The zero-order valence-corrected chi connectivity index (χ0v) is 11.0. The van der Waals surface area contributed by atoms with Crippen molar-refractivity contribution in [3.05, 3.63) is 64.5 Å². The fourth-order valence-electron chi connectivity index (χ4n) is 2.04. The van der Waals surface area contributed by atoms with Crippen molar-refractivity contribution in [2.24, 2.45) is 0 Å². The smallest absolute Gasteiger partial charge is 0.126 e. The lowest BCUT2D eigenvalue weighted by Gasteiger charge is -2.10. The Bertz CT molecular complexity index is 541. The number of hydrogen-bond donors (Lipinski definition) is 0. The maximum atomic E-state index is 13.1. The first-order valence-corrected chi connectivity index (χ1v) is 6.01. The summed E-state index contributed by atoms with van der Waals surface area (Å²) in [5.41, 5.74) is 4.48. The van der Waals surface area contributed by atoms with E-state index >= 15 is 0 Å². The standard InChI is InChI=1S/C16H17FO/c1-11-6-12(2)8-14(7-11)10-18-16-9-15(17)5-4-13(16)3/h4-9H,10H2,1-3H3. The lowest BCUT2D eigenvalue weighted by Crippen LogP contribution is -1.98. The first-order chi connectivity index (χ1) is 8.54. The molecule has 2 aromatic carbocycles. The molecule has 2 rings (SSSR count). The van der Waals surface area contributed by atoms with Crippen LogP contribution in [0.15, 0.2) is 36.4 Å². The fourth-order valence-corrected chi connectivity index (χ4v) is 2.04. The predicted octanol–water partition coefficient (Wildman–Crippen LogP) is 4.33. The minimum Gasteiger partial charge on any atom is -0.489 e. The maximum Gasteiger partial charge on any atom is 0.126 e. The van der Waals surface area contributed by atoms with Gasteiger partial charge in [-0.3, -0.25) is 0 Å². The second kappa shape index (κ2) is 5.21.